The molecule has 4 rings (SSSR count). The van der Waals surface area contributed by atoms with Gasteiger partial charge in [-0.15, -0.1) is 0 Å². The van der Waals surface area contributed by atoms with Crippen molar-refractivity contribution in [1.29, 1.82) is 0 Å². The van der Waals surface area contributed by atoms with Crippen LogP contribution in [-0.2, 0) is 6.54 Å². The van der Waals surface area contributed by atoms with Crippen molar-refractivity contribution in [3.63, 3.8) is 0 Å². The number of pyridine rings is 1. The highest BCUT2D eigenvalue weighted by molar-refractivity contribution is 5.94. The minimum atomic E-state index is -0.0714. The highest BCUT2D eigenvalue weighted by atomic mass is 16.1. The van der Waals surface area contributed by atoms with E-state index in [1.54, 1.807) is 0 Å². The van der Waals surface area contributed by atoms with Gasteiger partial charge in [0, 0.05) is 11.8 Å². The van der Waals surface area contributed by atoms with Gasteiger partial charge in [-0.3, -0.25) is 14.5 Å². The fourth-order valence-corrected chi connectivity index (χ4v) is 3.82. The van der Waals surface area contributed by atoms with Crippen LogP contribution in [0.15, 0.2) is 48.7 Å². The lowest BCUT2D eigenvalue weighted by atomic mass is 10.1. The molecule has 0 spiro atoms. The number of amides is 1. The zero-order chi connectivity index (χ0) is 19.5. The number of carbonyl (C=O) groups is 1. The first kappa shape index (κ1) is 18.4. The van der Waals surface area contributed by atoms with Crippen molar-refractivity contribution in [1.82, 2.24) is 20.1 Å². The molecule has 1 aromatic carbocycles. The van der Waals surface area contributed by atoms with Crippen LogP contribution in [0.5, 0.6) is 0 Å². The monoisotopic (exact) mass is 374 g/mol. The van der Waals surface area contributed by atoms with Crippen molar-refractivity contribution in [2.75, 3.05) is 0 Å². The summed E-state index contributed by atoms with van der Waals surface area (Å²) in [5, 5.41) is 7.84. The molecule has 0 unspecified atom stereocenters. The highest BCUT2D eigenvalue weighted by Gasteiger charge is 2.22. The largest absolute Gasteiger partial charge is 0.346 e. The second-order valence-electron chi connectivity index (χ2n) is 7.60. The number of aryl methyl sites for hydroxylation is 2. The van der Waals surface area contributed by atoms with Crippen LogP contribution < -0.4 is 5.32 Å². The second kappa shape index (κ2) is 7.97. The van der Waals surface area contributed by atoms with Crippen molar-refractivity contribution in [3.05, 3.63) is 71.0 Å². The summed E-state index contributed by atoms with van der Waals surface area (Å²) in [6.45, 7) is 4.48. The third-order valence-electron chi connectivity index (χ3n) is 5.58. The van der Waals surface area contributed by atoms with E-state index in [0.717, 1.165) is 35.5 Å². The zero-order valence-electron chi connectivity index (χ0n) is 16.5. The summed E-state index contributed by atoms with van der Waals surface area (Å²) < 4.78 is 2.12. The average molecular weight is 374 g/mol. The minimum Gasteiger partial charge on any atom is -0.346 e. The fourth-order valence-electron chi connectivity index (χ4n) is 3.82. The molecule has 1 aliphatic rings. The number of rotatable bonds is 5. The summed E-state index contributed by atoms with van der Waals surface area (Å²) in [7, 11) is 0. The van der Waals surface area contributed by atoms with Crippen molar-refractivity contribution in [3.8, 4) is 11.4 Å². The number of benzene rings is 1. The molecule has 0 atom stereocenters. The van der Waals surface area contributed by atoms with E-state index in [1.807, 2.05) is 56.4 Å². The Kier molecular flexibility index (Phi) is 5.24. The van der Waals surface area contributed by atoms with Crippen LogP contribution in [0.25, 0.3) is 11.4 Å². The standard InChI is InChI=1S/C23H26N4O/c1-16-10-11-18(13-17(16)2)23(28)25-15-19-14-22(21-9-5-6-12-24-21)27(26-19)20-7-3-4-8-20/h5-6,9-14,20H,3-4,7-8,15H2,1-2H3,(H,25,28). The molecule has 2 aromatic heterocycles. The number of aromatic nitrogens is 3. The van der Waals surface area contributed by atoms with E-state index in [9.17, 15) is 4.79 Å². The second-order valence-corrected chi connectivity index (χ2v) is 7.60. The molecule has 2 heterocycles. The molecule has 0 bridgehead atoms. The van der Waals surface area contributed by atoms with Gasteiger partial charge < -0.3 is 5.32 Å². The normalized spacial score (nSPS) is 14.4. The van der Waals surface area contributed by atoms with Crippen LogP contribution in [-0.4, -0.2) is 20.7 Å². The molecule has 28 heavy (non-hydrogen) atoms. The SMILES string of the molecule is Cc1ccc(C(=O)NCc2cc(-c3ccccn3)n(C3CCCC3)n2)cc1C. The topological polar surface area (TPSA) is 59.8 Å². The Labute approximate surface area is 165 Å². The molecule has 1 N–H and O–H groups in total. The highest BCUT2D eigenvalue weighted by Crippen LogP contribution is 2.33. The Hall–Kier alpha value is -2.95. The van der Waals surface area contributed by atoms with Crippen molar-refractivity contribution < 1.29 is 4.79 Å². The van der Waals surface area contributed by atoms with Crippen LogP contribution in [0.3, 0.4) is 0 Å². The van der Waals surface area contributed by atoms with E-state index in [-0.39, 0.29) is 5.91 Å². The lowest BCUT2D eigenvalue weighted by Crippen LogP contribution is -2.23. The number of carbonyl (C=O) groups excluding carboxylic acids is 1. The first-order valence-electron chi connectivity index (χ1n) is 9.97. The van der Waals surface area contributed by atoms with Crippen LogP contribution in [0, 0.1) is 13.8 Å². The first-order chi connectivity index (χ1) is 13.6. The zero-order valence-corrected chi connectivity index (χ0v) is 16.5. The summed E-state index contributed by atoms with van der Waals surface area (Å²) in [5.74, 6) is -0.0714. The van der Waals surface area contributed by atoms with Crippen LogP contribution in [0.4, 0.5) is 0 Å². The van der Waals surface area contributed by atoms with Gasteiger partial charge in [0.25, 0.3) is 5.91 Å². The molecule has 3 aromatic rings. The first-order valence-corrected chi connectivity index (χ1v) is 9.97. The van der Waals surface area contributed by atoms with Gasteiger partial charge in [0.15, 0.2) is 0 Å². The summed E-state index contributed by atoms with van der Waals surface area (Å²) in [6.07, 6.45) is 6.59. The molecule has 144 valence electrons. The summed E-state index contributed by atoms with van der Waals surface area (Å²) in [4.78, 5) is 17.0. The smallest absolute Gasteiger partial charge is 0.251 e. The summed E-state index contributed by atoms with van der Waals surface area (Å²) in [5.41, 5.74) is 5.81. The Bertz CT molecular complexity index is 972. The Morgan fingerprint density at radius 3 is 2.64 bits per heavy atom. The van der Waals surface area contributed by atoms with Gasteiger partial charge in [-0.1, -0.05) is 25.0 Å². The van der Waals surface area contributed by atoms with Gasteiger partial charge >= 0.3 is 0 Å². The van der Waals surface area contributed by atoms with Crippen molar-refractivity contribution in [2.45, 2.75) is 52.1 Å². The fraction of sp³-hybridized carbons (Fsp3) is 0.348. The van der Waals surface area contributed by atoms with Crippen LogP contribution in [0.1, 0.15) is 58.9 Å². The minimum absolute atomic E-state index is 0.0714. The van der Waals surface area contributed by atoms with E-state index < -0.39 is 0 Å². The van der Waals surface area contributed by atoms with Gasteiger partial charge in [-0.2, -0.15) is 5.10 Å². The van der Waals surface area contributed by atoms with Crippen LogP contribution >= 0.6 is 0 Å². The predicted octanol–water partition coefficient (Wildman–Crippen LogP) is 4.61. The molecule has 1 saturated carbocycles. The number of hydrogen-bond acceptors (Lipinski definition) is 3. The number of nitrogens with one attached hydrogen (secondary N) is 1. The van der Waals surface area contributed by atoms with E-state index >= 15 is 0 Å². The maximum Gasteiger partial charge on any atom is 0.251 e. The Morgan fingerprint density at radius 1 is 1.11 bits per heavy atom. The third-order valence-corrected chi connectivity index (χ3v) is 5.58. The summed E-state index contributed by atoms with van der Waals surface area (Å²) in [6, 6.07) is 14.2. The van der Waals surface area contributed by atoms with E-state index in [1.165, 1.54) is 18.4 Å². The van der Waals surface area contributed by atoms with Gasteiger partial charge in [-0.05, 0) is 68.1 Å². The third kappa shape index (κ3) is 3.84. The van der Waals surface area contributed by atoms with Gasteiger partial charge in [-0.25, -0.2) is 0 Å². The average Bonchev–Trinajstić information content (AvgIpc) is 3.38. The lowest BCUT2D eigenvalue weighted by molar-refractivity contribution is 0.0950. The maximum atomic E-state index is 12.5. The molecular weight excluding hydrogens is 348 g/mol. The molecule has 1 fully saturated rings. The molecule has 0 saturated heterocycles. The Morgan fingerprint density at radius 2 is 1.93 bits per heavy atom. The quantitative estimate of drug-likeness (QED) is 0.710. The molecule has 1 aliphatic carbocycles. The Balaban J connectivity index is 1.54. The van der Waals surface area contributed by atoms with Crippen molar-refractivity contribution >= 4 is 5.91 Å². The van der Waals surface area contributed by atoms with E-state index in [4.69, 9.17) is 5.10 Å². The molecule has 0 aliphatic heterocycles. The molecule has 0 radical (unpaired) electrons. The van der Waals surface area contributed by atoms with E-state index in [0.29, 0.717) is 18.2 Å². The summed E-state index contributed by atoms with van der Waals surface area (Å²) >= 11 is 0. The maximum absolute atomic E-state index is 12.5. The van der Waals surface area contributed by atoms with Gasteiger partial charge in [0.2, 0.25) is 0 Å². The van der Waals surface area contributed by atoms with Gasteiger partial charge in [0.05, 0.1) is 29.7 Å². The van der Waals surface area contributed by atoms with E-state index in [2.05, 4.69) is 21.0 Å². The molecular formula is C23H26N4O. The molecule has 1 amide bonds. The van der Waals surface area contributed by atoms with Crippen LogP contribution in [0.2, 0.25) is 0 Å². The lowest BCUT2D eigenvalue weighted by Gasteiger charge is -2.13. The number of hydrogen-bond donors (Lipinski definition) is 1. The molecule has 5 heteroatoms. The predicted molar refractivity (Wildman–Crippen MR) is 110 cm³/mol. The van der Waals surface area contributed by atoms with Crippen molar-refractivity contribution in [2.24, 2.45) is 0 Å². The van der Waals surface area contributed by atoms with Gasteiger partial charge in [0.1, 0.15) is 0 Å². The number of nitrogens with zero attached hydrogens (tertiary/aromatic N) is 3. The molecule has 5 nitrogen and oxygen atoms in total.